The Bertz CT molecular complexity index is 2090. The van der Waals surface area contributed by atoms with E-state index in [1.165, 1.54) is 18.2 Å². The van der Waals surface area contributed by atoms with Crippen LogP contribution in [0.1, 0.15) is 24.3 Å². The summed E-state index contributed by atoms with van der Waals surface area (Å²) in [4.78, 5) is 50.6. The highest BCUT2D eigenvalue weighted by atomic mass is 35.5. The number of para-hydroxylation sites is 1. The number of imide groups is 2. The fraction of sp³-hybridized carbons (Fsp3) is 0.273. The van der Waals surface area contributed by atoms with Gasteiger partial charge in [-0.1, -0.05) is 29.8 Å². The SMILES string of the molecule is O=C1[C@H]2[C@H](CC=C3[C@H]2C[C@@]2(Cl)C(=O)N(c4c(F)c(F)c(F)c(F)c4F)C(=O)[C@@]2(Cl)[C@H]3c2cc(OC(F)(F)F)ccc2O)C(=O)N1c1ccccc1. The van der Waals surface area contributed by atoms with Crippen LogP contribution in [-0.4, -0.2) is 44.8 Å². The Morgan fingerprint density at radius 3 is 2.00 bits per heavy atom. The smallest absolute Gasteiger partial charge is 0.508 e. The summed E-state index contributed by atoms with van der Waals surface area (Å²) in [6.45, 7) is 0. The molecule has 0 radical (unpaired) electrons. The minimum absolute atomic E-state index is 0.0848. The molecule has 6 atom stereocenters. The van der Waals surface area contributed by atoms with Gasteiger partial charge in [-0.2, -0.15) is 0 Å². The van der Waals surface area contributed by atoms with Gasteiger partial charge in [-0.05, 0) is 49.1 Å². The lowest BCUT2D eigenvalue weighted by atomic mass is 9.56. The summed E-state index contributed by atoms with van der Waals surface area (Å²) in [7, 11) is 0. The third-order valence-corrected chi connectivity index (χ3v) is 11.2. The topological polar surface area (TPSA) is 104 Å². The molecule has 51 heavy (non-hydrogen) atoms. The van der Waals surface area contributed by atoms with Gasteiger partial charge in [0, 0.05) is 11.5 Å². The van der Waals surface area contributed by atoms with Gasteiger partial charge >= 0.3 is 6.36 Å². The number of carbonyl (C=O) groups is 4. The molecule has 3 fully saturated rings. The van der Waals surface area contributed by atoms with Crippen molar-refractivity contribution in [2.75, 3.05) is 9.80 Å². The Kier molecular flexibility index (Phi) is 7.77. The Labute approximate surface area is 290 Å². The summed E-state index contributed by atoms with van der Waals surface area (Å²) in [5, 5.41) is 11.0. The molecule has 266 valence electrons. The van der Waals surface area contributed by atoms with Gasteiger partial charge in [0.25, 0.3) is 11.8 Å². The first kappa shape index (κ1) is 34.7. The predicted octanol–water partition coefficient (Wildman–Crippen LogP) is 6.75. The van der Waals surface area contributed by atoms with Crippen molar-refractivity contribution in [1.29, 1.82) is 0 Å². The standard InChI is InChI=1S/C33H18Cl2F8N2O6/c34-31-11-17-14(7-8-15-19(17)28(48)44(27(15)47)12-4-2-1-3-5-12)20(16-10-13(6-9-18(16)46)51-33(41,42)43)32(31,35)30(50)45(29(31)49)26-24(39)22(37)21(36)23(38)25(26)40/h1-7,9-10,15,17,19-20,46H,8,11H2/t15-,17+,19-,20+,31+,32-/m0/s1. The van der Waals surface area contributed by atoms with Crippen molar-refractivity contribution in [3.63, 3.8) is 0 Å². The Morgan fingerprint density at radius 2 is 1.39 bits per heavy atom. The van der Waals surface area contributed by atoms with Crippen LogP contribution in [-0.2, 0) is 19.2 Å². The van der Waals surface area contributed by atoms with Crippen molar-refractivity contribution in [1.82, 2.24) is 0 Å². The number of anilines is 2. The molecule has 18 heteroatoms. The molecule has 2 saturated heterocycles. The summed E-state index contributed by atoms with van der Waals surface area (Å²) in [6, 6.07) is 9.63. The van der Waals surface area contributed by atoms with Gasteiger partial charge < -0.3 is 9.84 Å². The molecule has 0 unspecified atom stereocenters. The number of halogens is 10. The minimum atomic E-state index is -5.28. The zero-order valence-electron chi connectivity index (χ0n) is 25.1. The fourth-order valence-corrected chi connectivity index (χ4v) is 8.63. The van der Waals surface area contributed by atoms with E-state index in [4.69, 9.17) is 23.2 Å². The molecule has 3 aromatic carbocycles. The van der Waals surface area contributed by atoms with Crippen molar-refractivity contribution in [2.24, 2.45) is 17.8 Å². The number of hydrogen-bond acceptors (Lipinski definition) is 6. The monoisotopic (exact) mass is 760 g/mol. The number of aromatic hydroxyl groups is 1. The lowest BCUT2D eigenvalue weighted by Crippen LogP contribution is -2.60. The highest BCUT2D eigenvalue weighted by molar-refractivity contribution is 6.58. The molecule has 0 spiro atoms. The molecule has 2 aliphatic heterocycles. The molecule has 1 N–H and O–H groups in total. The van der Waals surface area contributed by atoms with E-state index in [0.717, 1.165) is 4.90 Å². The number of rotatable bonds is 4. The highest BCUT2D eigenvalue weighted by Gasteiger charge is 2.77. The maximum absolute atomic E-state index is 15.2. The first-order chi connectivity index (χ1) is 23.8. The lowest BCUT2D eigenvalue weighted by Gasteiger charge is -2.50. The molecule has 7 rings (SSSR count). The van der Waals surface area contributed by atoms with E-state index in [1.807, 2.05) is 0 Å². The van der Waals surface area contributed by atoms with Crippen LogP contribution in [0.3, 0.4) is 0 Å². The van der Waals surface area contributed by atoms with E-state index in [-0.39, 0.29) is 17.7 Å². The van der Waals surface area contributed by atoms with Crippen LogP contribution in [0.5, 0.6) is 11.5 Å². The van der Waals surface area contributed by atoms with Crippen LogP contribution in [0.25, 0.3) is 0 Å². The average molecular weight is 761 g/mol. The van der Waals surface area contributed by atoms with Crippen molar-refractivity contribution >= 4 is 58.2 Å². The molecule has 2 heterocycles. The Hall–Kier alpha value is -4.70. The maximum atomic E-state index is 15.2. The van der Waals surface area contributed by atoms with Crippen LogP contribution in [0.15, 0.2) is 60.2 Å². The number of alkyl halides is 5. The largest absolute Gasteiger partial charge is 0.573 e. The summed E-state index contributed by atoms with van der Waals surface area (Å²) in [5.41, 5.74) is -2.60. The maximum Gasteiger partial charge on any atom is 0.573 e. The van der Waals surface area contributed by atoms with E-state index in [2.05, 4.69) is 4.74 Å². The number of nitrogens with zero attached hydrogens (tertiary/aromatic N) is 2. The quantitative estimate of drug-likeness (QED) is 0.0788. The number of phenolic OH excluding ortho intramolecular Hbond substituents is 1. The lowest BCUT2D eigenvalue weighted by molar-refractivity contribution is -0.274. The highest BCUT2D eigenvalue weighted by Crippen LogP contribution is 2.67. The third-order valence-electron chi connectivity index (χ3n) is 9.78. The number of hydrogen-bond donors (Lipinski definition) is 1. The van der Waals surface area contributed by atoms with Gasteiger partial charge in [-0.25, -0.2) is 26.9 Å². The molecule has 1 saturated carbocycles. The molecule has 4 aliphatic rings. The van der Waals surface area contributed by atoms with Crippen molar-refractivity contribution in [2.45, 2.75) is 34.9 Å². The van der Waals surface area contributed by atoms with Crippen LogP contribution >= 0.6 is 23.2 Å². The molecule has 8 nitrogen and oxygen atoms in total. The molecular formula is C33H18Cl2F8N2O6. The van der Waals surface area contributed by atoms with Gasteiger partial charge in [0.15, 0.2) is 33.0 Å². The summed E-state index contributed by atoms with van der Waals surface area (Å²) in [5.74, 6) is -25.7. The fourth-order valence-electron chi connectivity index (χ4n) is 7.70. The number of phenols is 1. The first-order valence-electron chi connectivity index (χ1n) is 14.8. The van der Waals surface area contributed by atoms with Gasteiger partial charge in [0.1, 0.15) is 17.2 Å². The normalized spacial score (nSPS) is 28.9. The number of carbonyl (C=O) groups excluding carboxylic acids is 4. The van der Waals surface area contributed by atoms with Crippen LogP contribution in [0.4, 0.5) is 46.5 Å². The van der Waals surface area contributed by atoms with Gasteiger partial charge in [0.2, 0.25) is 17.6 Å². The van der Waals surface area contributed by atoms with Crippen LogP contribution in [0.2, 0.25) is 0 Å². The van der Waals surface area contributed by atoms with Gasteiger partial charge in [-0.15, -0.1) is 36.4 Å². The van der Waals surface area contributed by atoms with Crippen molar-refractivity contribution < 1.29 is 64.1 Å². The van der Waals surface area contributed by atoms with E-state index >= 15 is 8.78 Å². The zero-order valence-corrected chi connectivity index (χ0v) is 26.6. The Balaban J connectivity index is 1.46. The van der Waals surface area contributed by atoms with E-state index < -0.39 is 127 Å². The van der Waals surface area contributed by atoms with Crippen LogP contribution < -0.4 is 14.5 Å². The molecule has 4 amide bonds. The summed E-state index contributed by atoms with van der Waals surface area (Å²) < 4.78 is 117. The van der Waals surface area contributed by atoms with Crippen molar-refractivity contribution in [3.8, 4) is 11.5 Å². The molecule has 0 bridgehead atoms. The predicted molar refractivity (Wildman–Crippen MR) is 160 cm³/mol. The van der Waals surface area contributed by atoms with Gasteiger partial charge in [0.05, 0.1) is 17.5 Å². The first-order valence-corrected chi connectivity index (χ1v) is 15.6. The zero-order chi connectivity index (χ0) is 37.1. The van der Waals surface area contributed by atoms with Crippen molar-refractivity contribution in [3.05, 3.63) is 94.8 Å². The Morgan fingerprint density at radius 1 is 0.784 bits per heavy atom. The number of fused-ring (bicyclic) bond motifs is 4. The number of ether oxygens (including phenoxy) is 1. The second-order valence-electron chi connectivity index (χ2n) is 12.3. The molecular weight excluding hydrogens is 743 g/mol. The average Bonchev–Trinajstić information content (AvgIpc) is 3.42. The van der Waals surface area contributed by atoms with E-state index in [1.54, 1.807) is 18.2 Å². The van der Waals surface area contributed by atoms with Gasteiger partial charge in [-0.3, -0.25) is 24.1 Å². The summed E-state index contributed by atoms with van der Waals surface area (Å²) >= 11 is 13.9. The number of allylic oxidation sites excluding steroid dienone is 2. The molecule has 0 aromatic heterocycles. The van der Waals surface area contributed by atoms with E-state index in [0.29, 0.717) is 18.2 Å². The second kappa shape index (κ2) is 11.4. The summed E-state index contributed by atoms with van der Waals surface area (Å²) in [6.07, 6.45) is -5.04. The number of benzene rings is 3. The van der Waals surface area contributed by atoms with Crippen LogP contribution in [0, 0.1) is 46.8 Å². The third kappa shape index (κ3) is 4.71. The molecule has 3 aromatic rings. The molecule has 2 aliphatic carbocycles. The minimum Gasteiger partial charge on any atom is -0.508 e. The van der Waals surface area contributed by atoms with E-state index in [9.17, 15) is 50.6 Å². The number of amides is 4. The second-order valence-corrected chi connectivity index (χ2v) is 13.6.